The number of sulfonamides is 1. The Balaban J connectivity index is 2.21. The van der Waals surface area contributed by atoms with Crippen molar-refractivity contribution in [3.05, 3.63) is 64.7 Å². The van der Waals surface area contributed by atoms with Gasteiger partial charge < -0.3 is 5.32 Å². The maximum atomic E-state index is 12.2. The molecule has 2 aromatic rings. The number of amides is 1. The highest BCUT2D eigenvalue weighted by Crippen LogP contribution is 2.19. The number of rotatable bonds is 4. The number of nitrogens with two attached hydrogens (primary N) is 1. The second kappa shape index (κ2) is 6.48. The summed E-state index contributed by atoms with van der Waals surface area (Å²) in [6, 6.07) is 12.4. The molecule has 116 valence electrons. The average molecular weight is 339 g/mol. The normalized spacial score (nSPS) is 12.7. The number of nitrogens with one attached hydrogen (secondary N) is 1. The topological polar surface area (TPSA) is 89.3 Å². The summed E-state index contributed by atoms with van der Waals surface area (Å²) < 4.78 is 22.7. The average Bonchev–Trinajstić information content (AvgIpc) is 2.46. The predicted octanol–water partition coefficient (Wildman–Crippen LogP) is 2.48. The summed E-state index contributed by atoms with van der Waals surface area (Å²) in [5.41, 5.74) is 0.991. The molecule has 0 aromatic heterocycles. The Bertz CT molecular complexity index is 806. The first-order chi connectivity index (χ1) is 10.3. The maximum Gasteiger partial charge on any atom is 0.253 e. The summed E-state index contributed by atoms with van der Waals surface area (Å²) in [6.45, 7) is 1.75. The van der Waals surface area contributed by atoms with Crippen LogP contribution in [-0.2, 0) is 10.0 Å². The molecule has 0 fully saturated rings. The number of primary sulfonamides is 1. The summed E-state index contributed by atoms with van der Waals surface area (Å²) in [7, 11) is -3.78. The molecule has 3 N–H and O–H groups in total. The van der Waals surface area contributed by atoms with Crippen molar-refractivity contribution in [1.29, 1.82) is 0 Å². The van der Waals surface area contributed by atoms with Crippen LogP contribution >= 0.6 is 11.6 Å². The molecule has 0 aliphatic heterocycles. The molecule has 0 aliphatic carbocycles. The molecule has 0 unspecified atom stereocenters. The quantitative estimate of drug-likeness (QED) is 0.897. The van der Waals surface area contributed by atoms with Crippen LogP contribution in [0, 0.1) is 0 Å². The minimum Gasteiger partial charge on any atom is -0.345 e. The van der Waals surface area contributed by atoms with Crippen molar-refractivity contribution < 1.29 is 13.2 Å². The molecule has 0 saturated heterocycles. The van der Waals surface area contributed by atoms with Crippen molar-refractivity contribution in [2.75, 3.05) is 0 Å². The van der Waals surface area contributed by atoms with Crippen molar-refractivity contribution in [2.24, 2.45) is 5.14 Å². The van der Waals surface area contributed by atoms with E-state index < -0.39 is 16.1 Å². The fourth-order valence-corrected chi connectivity index (χ4v) is 2.75. The minimum atomic E-state index is -3.78. The van der Waals surface area contributed by atoms with Crippen LogP contribution in [0.5, 0.6) is 0 Å². The van der Waals surface area contributed by atoms with E-state index in [1.54, 1.807) is 43.3 Å². The van der Waals surface area contributed by atoms with E-state index in [0.717, 1.165) is 0 Å². The van der Waals surface area contributed by atoms with Crippen LogP contribution < -0.4 is 10.5 Å². The molecule has 0 heterocycles. The van der Waals surface area contributed by atoms with Gasteiger partial charge in [0.1, 0.15) is 0 Å². The number of benzene rings is 2. The van der Waals surface area contributed by atoms with Gasteiger partial charge in [0.05, 0.1) is 21.5 Å². The van der Waals surface area contributed by atoms with Crippen LogP contribution in [-0.4, -0.2) is 14.3 Å². The molecule has 1 amide bonds. The number of halogens is 1. The van der Waals surface area contributed by atoms with Gasteiger partial charge in [0.2, 0.25) is 10.0 Å². The molecule has 2 rings (SSSR count). The third kappa shape index (κ3) is 3.85. The van der Waals surface area contributed by atoms with Gasteiger partial charge in [-0.3, -0.25) is 4.79 Å². The number of hydrogen-bond donors (Lipinski definition) is 2. The van der Waals surface area contributed by atoms with E-state index in [1.807, 2.05) is 0 Å². The zero-order chi connectivity index (χ0) is 16.3. The largest absolute Gasteiger partial charge is 0.345 e. The Kier molecular flexibility index (Phi) is 4.85. The summed E-state index contributed by atoms with van der Waals surface area (Å²) in [5.74, 6) is -0.334. The van der Waals surface area contributed by atoms with E-state index in [1.165, 1.54) is 12.1 Å². The highest BCUT2D eigenvalue weighted by molar-refractivity contribution is 7.89. The lowest BCUT2D eigenvalue weighted by Crippen LogP contribution is -2.27. The van der Waals surface area contributed by atoms with Crippen LogP contribution in [0.1, 0.15) is 28.9 Å². The molecule has 0 radical (unpaired) electrons. The minimum absolute atomic E-state index is 0.00356. The van der Waals surface area contributed by atoms with E-state index in [-0.39, 0.29) is 10.8 Å². The van der Waals surface area contributed by atoms with Crippen molar-refractivity contribution in [3.63, 3.8) is 0 Å². The Morgan fingerprint density at radius 2 is 1.86 bits per heavy atom. The van der Waals surface area contributed by atoms with Gasteiger partial charge >= 0.3 is 0 Å². The summed E-state index contributed by atoms with van der Waals surface area (Å²) in [5, 5.41) is 8.23. The van der Waals surface area contributed by atoms with E-state index >= 15 is 0 Å². The van der Waals surface area contributed by atoms with Crippen molar-refractivity contribution in [2.45, 2.75) is 17.9 Å². The predicted molar refractivity (Wildman–Crippen MR) is 85.1 cm³/mol. The van der Waals surface area contributed by atoms with Gasteiger partial charge in [-0.1, -0.05) is 35.9 Å². The van der Waals surface area contributed by atoms with Gasteiger partial charge in [0.15, 0.2) is 0 Å². The molecule has 0 saturated carbocycles. The van der Waals surface area contributed by atoms with Crippen LogP contribution in [0.3, 0.4) is 0 Å². The fraction of sp³-hybridized carbons (Fsp3) is 0.133. The van der Waals surface area contributed by atoms with Crippen molar-refractivity contribution in [1.82, 2.24) is 5.32 Å². The first-order valence-corrected chi connectivity index (χ1v) is 8.39. The van der Waals surface area contributed by atoms with Crippen LogP contribution in [0.4, 0.5) is 0 Å². The van der Waals surface area contributed by atoms with E-state index in [2.05, 4.69) is 5.32 Å². The second-order valence-corrected chi connectivity index (χ2v) is 6.76. The maximum absolute atomic E-state index is 12.2. The van der Waals surface area contributed by atoms with E-state index in [4.69, 9.17) is 16.7 Å². The zero-order valence-electron chi connectivity index (χ0n) is 11.8. The SMILES string of the molecule is C[C@H](NC(=O)c1ccccc1Cl)c1cccc(S(N)(=O)=O)c1. The molecule has 7 heteroatoms. The smallest absolute Gasteiger partial charge is 0.253 e. The molecular weight excluding hydrogens is 324 g/mol. The standard InChI is InChI=1S/C15H15ClN2O3S/c1-10(11-5-4-6-12(9-11)22(17,20)21)18-15(19)13-7-2-3-8-14(13)16/h2-10H,1H3,(H,18,19)(H2,17,20,21)/t10-/m0/s1. The van der Waals surface area contributed by atoms with Crippen LogP contribution in [0.2, 0.25) is 5.02 Å². The summed E-state index contributed by atoms with van der Waals surface area (Å²) in [4.78, 5) is 12.2. The van der Waals surface area contributed by atoms with Crippen molar-refractivity contribution in [3.8, 4) is 0 Å². The van der Waals surface area contributed by atoms with Gasteiger partial charge in [0.25, 0.3) is 5.91 Å². The van der Waals surface area contributed by atoms with E-state index in [9.17, 15) is 13.2 Å². The number of carbonyl (C=O) groups is 1. The summed E-state index contributed by atoms with van der Waals surface area (Å²) in [6.07, 6.45) is 0. The first-order valence-electron chi connectivity index (χ1n) is 6.47. The molecule has 0 bridgehead atoms. The lowest BCUT2D eigenvalue weighted by Gasteiger charge is -2.15. The Morgan fingerprint density at radius 3 is 2.50 bits per heavy atom. The lowest BCUT2D eigenvalue weighted by atomic mass is 10.1. The Morgan fingerprint density at radius 1 is 1.18 bits per heavy atom. The second-order valence-electron chi connectivity index (χ2n) is 4.79. The van der Waals surface area contributed by atoms with E-state index in [0.29, 0.717) is 16.1 Å². The molecule has 1 atom stereocenters. The fourth-order valence-electron chi connectivity index (χ4n) is 1.96. The van der Waals surface area contributed by atoms with Gasteiger partial charge in [-0.05, 0) is 36.8 Å². The van der Waals surface area contributed by atoms with Crippen LogP contribution in [0.15, 0.2) is 53.4 Å². The molecule has 0 aliphatic rings. The Hall–Kier alpha value is -1.89. The third-order valence-electron chi connectivity index (χ3n) is 3.15. The van der Waals surface area contributed by atoms with Gasteiger partial charge in [0, 0.05) is 0 Å². The molecule has 2 aromatic carbocycles. The highest BCUT2D eigenvalue weighted by Gasteiger charge is 2.15. The van der Waals surface area contributed by atoms with Crippen LogP contribution in [0.25, 0.3) is 0 Å². The Labute approximate surface area is 134 Å². The molecule has 5 nitrogen and oxygen atoms in total. The summed E-state index contributed by atoms with van der Waals surface area (Å²) >= 11 is 5.98. The van der Waals surface area contributed by atoms with Gasteiger partial charge in [-0.15, -0.1) is 0 Å². The van der Waals surface area contributed by atoms with Crippen molar-refractivity contribution >= 4 is 27.5 Å². The van der Waals surface area contributed by atoms with Gasteiger partial charge in [-0.2, -0.15) is 0 Å². The number of carbonyl (C=O) groups excluding carboxylic acids is 1. The molecule has 0 spiro atoms. The lowest BCUT2D eigenvalue weighted by molar-refractivity contribution is 0.0940. The zero-order valence-corrected chi connectivity index (χ0v) is 13.4. The highest BCUT2D eigenvalue weighted by atomic mass is 35.5. The number of hydrogen-bond acceptors (Lipinski definition) is 3. The third-order valence-corrected chi connectivity index (χ3v) is 4.39. The first kappa shape index (κ1) is 16.5. The molecule has 22 heavy (non-hydrogen) atoms. The van der Waals surface area contributed by atoms with Gasteiger partial charge in [-0.25, -0.2) is 13.6 Å². The molecular formula is C15H15ClN2O3S. The monoisotopic (exact) mass is 338 g/mol.